The van der Waals surface area contributed by atoms with Crippen molar-refractivity contribution in [3.63, 3.8) is 0 Å². The van der Waals surface area contributed by atoms with E-state index in [2.05, 4.69) is 12.3 Å². The highest BCUT2D eigenvalue weighted by Gasteiger charge is 1.82. The van der Waals surface area contributed by atoms with E-state index in [1.165, 1.54) is 0 Å². The molecule has 0 aliphatic carbocycles. The van der Waals surface area contributed by atoms with E-state index in [0.29, 0.717) is 6.54 Å². The second-order valence-corrected chi connectivity index (χ2v) is 1.16. The van der Waals surface area contributed by atoms with Gasteiger partial charge in [-0.1, -0.05) is 6.58 Å². The molecule has 0 spiro atoms. The Morgan fingerprint density at radius 2 is 2.14 bits per heavy atom. The molecular formula is C4H10BrNO. The molecule has 0 atom stereocenters. The van der Waals surface area contributed by atoms with Crippen LogP contribution in [0.15, 0.2) is 12.2 Å². The van der Waals surface area contributed by atoms with Crippen molar-refractivity contribution in [3.05, 3.63) is 12.2 Å². The number of aliphatic hydroxyl groups is 1. The standard InChI is InChI=1S/C4H9NO.BrH/c1-4(2-5)3-6;/h6H,1-3,5H2;1H. The molecule has 0 heterocycles. The van der Waals surface area contributed by atoms with E-state index in [-0.39, 0.29) is 23.6 Å². The zero-order valence-electron chi connectivity index (χ0n) is 4.15. The van der Waals surface area contributed by atoms with Gasteiger partial charge >= 0.3 is 0 Å². The van der Waals surface area contributed by atoms with Gasteiger partial charge in [-0.2, -0.15) is 0 Å². The molecule has 0 aliphatic heterocycles. The molecule has 44 valence electrons. The first-order valence-corrected chi connectivity index (χ1v) is 1.88. The molecule has 0 saturated heterocycles. The molecule has 0 aromatic rings. The molecule has 0 bridgehead atoms. The summed E-state index contributed by atoms with van der Waals surface area (Å²) in [6.45, 7) is 4.19. The fourth-order valence-corrected chi connectivity index (χ4v) is 0.0791. The minimum absolute atomic E-state index is 0. The number of quaternary nitrogens is 1. The molecule has 0 fully saturated rings. The normalized spacial score (nSPS) is 7.14. The summed E-state index contributed by atoms with van der Waals surface area (Å²) in [5, 5.41) is 8.20. The Hall–Kier alpha value is 0.140. The van der Waals surface area contributed by atoms with E-state index in [0.717, 1.165) is 5.57 Å². The third-order valence-corrected chi connectivity index (χ3v) is 0.577. The van der Waals surface area contributed by atoms with Crippen LogP contribution in [-0.4, -0.2) is 18.3 Å². The zero-order valence-corrected chi connectivity index (χ0v) is 5.74. The predicted molar refractivity (Wildman–Crippen MR) is 24.0 cm³/mol. The SMILES string of the molecule is C=C(C[NH3+])CO.[Br-]. The quantitative estimate of drug-likeness (QED) is 0.403. The largest absolute Gasteiger partial charge is 1.00 e. The van der Waals surface area contributed by atoms with Crippen molar-refractivity contribution in [1.82, 2.24) is 0 Å². The summed E-state index contributed by atoms with van der Waals surface area (Å²) in [6.07, 6.45) is 0. The molecule has 7 heavy (non-hydrogen) atoms. The Kier molecular flexibility index (Phi) is 8.94. The number of rotatable bonds is 2. The van der Waals surface area contributed by atoms with E-state index >= 15 is 0 Å². The molecule has 0 amide bonds. The van der Waals surface area contributed by atoms with Crippen molar-refractivity contribution in [3.8, 4) is 0 Å². The van der Waals surface area contributed by atoms with E-state index < -0.39 is 0 Å². The van der Waals surface area contributed by atoms with Gasteiger partial charge < -0.3 is 27.8 Å². The van der Waals surface area contributed by atoms with Gasteiger partial charge in [0.2, 0.25) is 0 Å². The van der Waals surface area contributed by atoms with Gasteiger partial charge in [0.25, 0.3) is 0 Å². The Morgan fingerprint density at radius 3 is 2.14 bits per heavy atom. The van der Waals surface area contributed by atoms with Crippen molar-refractivity contribution >= 4 is 0 Å². The molecule has 3 heteroatoms. The number of hydrogen-bond acceptors (Lipinski definition) is 1. The minimum Gasteiger partial charge on any atom is -1.00 e. The van der Waals surface area contributed by atoms with Crippen LogP contribution in [0.1, 0.15) is 0 Å². The van der Waals surface area contributed by atoms with E-state index in [1.807, 2.05) is 0 Å². The van der Waals surface area contributed by atoms with Gasteiger partial charge in [0.1, 0.15) is 0 Å². The van der Waals surface area contributed by atoms with Gasteiger partial charge in [-0.3, -0.25) is 0 Å². The average Bonchev–Trinajstić information content (AvgIpc) is 1.65. The summed E-state index contributed by atoms with van der Waals surface area (Å²) in [4.78, 5) is 0. The average molecular weight is 168 g/mol. The van der Waals surface area contributed by atoms with E-state index in [9.17, 15) is 0 Å². The first-order valence-electron chi connectivity index (χ1n) is 1.88. The molecule has 0 aromatic carbocycles. The van der Waals surface area contributed by atoms with Crippen molar-refractivity contribution < 1.29 is 27.8 Å². The number of hydrogen-bond donors (Lipinski definition) is 2. The Balaban J connectivity index is 0. The van der Waals surface area contributed by atoms with Crippen LogP contribution in [0.25, 0.3) is 0 Å². The van der Waals surface area contributed by atoms with Crippen LogP contribution in [0.5, 0.6) is 0 Å². The van der Waals surface area contributed by atoms with Gasteiger partial charge in [0.15, 0.2) is 0 Å². The van der Waals surface area contributed by atoms with Crippen LogP contribution >= 0.6 is 0 Å². The minimum atomic E-state index is 0. The lowest BCUT2D eigenvalue weighted by Gasteiger charge is -1.86. The zero-order chi connectivity index (χ0) is 4.99. The highest BCUT2D eigenvalue weighted by atomic mass is 79.9. The second kappa shape index (κ2) is 6.14. The highest BCUT2D eigenvalue weighted by molar-refractivity contribution is 4.91. The Bertz CT molecular complexity index is 49.7. The predicted octanol–water partition coefficient (Wildman–Crippen LogP) is -4.22. The van der Waals surface area contributed by atoms with Gasteiger partial charge in [0, 0.05) is 5.57 Å². The molecule has 0 aliphatic rings. The Morgan fingerprint density at radius 1 is 1.71 bits per heavy atom. The van der Waals surface area contributed by atoms with Crippen LogP contribution in [0, 0.1) is 0 Å². The van der Waals surface area contributed by atoms with Gasteiger partial charge in [-0.25, -0.2) is 0 Å². The van der Waals surface area contributed by atoms with Gasteiger partial charge in [-0.15, -0.1) is 0 Å². The van der Waals surface area contributed by atoms with Crippen LogP contribution in [-0.2, 0) is 0 Å². The van der Waals surface area contributed by atoms with Crippen LogP contribution in [0.4, 0.5) is 0 Å². The topological polar surface area (TPSA) is 47.9 Å². The highest BCUT2D eigenvalue weighted by Crippen LogP contribution is 1.75. The summed E-state index contributed by atoms with van der Waals surface area (Å²) >= 11 is 0. The first kappa shape index (κ1) is 10.2. The maximum Gasteiger partial charge on any atom is 0.0976 e. The third-order valence-electron chi connectivity index (χ3n) is 0.577. The maximum absolute atomic E-state index is 8.20. The van der Waals surface area contributed by atoms with Crippen LogP contribution in [0.2, 0.25) is 0 Å². The van der Waals surface area contributed by atoms with E-state index in [1.54, 1.807) is 0 Å². The number of halogens is 1. The molecular weight excluding hydrogens is 158 g/mol. The smallest absolute Gasteiger partial charge is 0.0976 e. The summed E-state index contributed by atoms with van der Waals surface area (Å²) in [5.41, 5.74) is 4.28. The third kappa shape index (κ3) is 6.14. The van der Waals surface area contributed by atoms with E-state index in [4.69, 9.17) is 5.11 Å². The molecule has 0 unspecified atom stereocenters. The molecule has 4 N–H and O–H groups in total. The maximum atomic E-state index is 8.20. The molecule has 2 nitrogen and oxygen atoms in total. The van der Waals surface area contributed by atoms with Crippen LogP contribution in [0.3, 0.4) is 0 Å². The van der Waals surface area contributed by atoms with Gasteiger partial charge in [-0.05, 0) is 0 Å². The van der Waals surface area contributed by atoms with Crippen LogP contribution < -0.4 is 22.7 Å². The van der Waals surface area contributed by atoms with Crippen molar-refractivity contribution in [2.75, 3.05) is 13.2 Å². The summed E-state index contributed by atoms with van der Waals surface area (Å²) in [6, 6.07) is 0. The molecule has 0 saturated carbocycles. The summed E-state index contributed by atoms with van der Waals surface area (Å²) in [5.74, 6) is 0. The fourth-order valence-electron chi connectivity index (χ4n) is 0.0791. The summed E-state index contributed by atoms with van der Waals surface area (Å²) in [7, 11) is 0. The number of aliphatic hydroxyl groups excluding tert-OH is 1. The van der Waals surface area contributed by atoms with Crippen molar-refractivity contribution in [1.29, 1.82) is 0 Å². The fraction of sp³-hybridized carbons (Fsp3) is 0.500. The van der Waals surface area contributed by atoms with Gasteiger partial charge in [0.05, 0.1) is 13.2 Å². The molecule has 0 radical (unpaired) electrons. The molecule has 0 aromatic heterocycles. The van der Waals surface area contributed by atoms with Crippen molar-refractivity contribution in [2.45, 2.75) is 0 Å². The Labute approximate surface area is 53.8 Å². The second-order valence-electron chi connectivity index (χ2n) is 1.16. The van der Waals surface area contributed by atoms with Crippen molar-refractivity contribution in [2.24, 2.45) is 0 Å². The monoisotopic (exact) mass is 167 g/mol. The lowest BCUT2D eigenvalue weighted by Crippen LogP contribution is -3.00. The lowest BCUT2D eigenvalue weighted by atomic mass is 10.3. The molecule has 0 rings (SSSR count). The summed E-state index contributed by atoms with van der Waals surface area (Å²) < 4.78 is 0. The lowest BCUT2D eigenvalue weighted by molar-refractivity contribution is -0.356. The first-order chi connectivity index (χ1) is 2.81.